The molecule has 11 nitrogen and oxygen atoms in total. The van der Waals surface area contributed by atoms with E-state index in [1.807, 2.05) is 16.7 Å². The molecule has 1 unspecified atom stereocenters. The van der Waals surface area contributed by atoms with Gasteiger partial charge in [0.25, 0.3) is 5.91 Å². The summed E-state index contributed by atoms with van der Waals surface area (Å²) in [5, 5.41) is 17.9. The monoisotopic (exact) mass is 400 g/mol. The lowest BCUT2D eigenvalue weighted by Gasteiger charge is -2.50. The molecule has 2 aromatic heterocycles. The van der Waals surface area contributed by atoms with Gasteiger partial charge in [0.05, 0.1) is 12.2 Å². The Morgan fingerprint density at radius 1 is 1.31 bits per heavy atom. The Kier molecular flexibility index (Phi) is 4.34. The fraction of sp³-hybridized carbons (Fsp3) is 0.667. The number of carbonyl (C=O) groups excluding carboxylic acids is 2. The van der Waals surface area contributed by atoms with Gasteiger partial charge < -0.3 is 14.5 Å². The Balaban J connectivity index is 1.33. The van der Waals surface area contributed by atoms with Gasteiger partial charge in [0.15, 0.2) is 5.82 Å². The molecule has 3 aliphatic heterocycles. The number of fused-ring (bicyclic) bond motifs is 2. The number of nitrogens with zero attached hydrogens (tertiary/aromatic N) is 7. The van der Waals surface area contributed by atoms with Crippen LogP contribution in [-0.4, -0.2) is 89.4 Å². The van der Waals surface area contributed by atoms with Gasteiger partial charge in [-0.05, 0) is 36.1 Å². The second-order valence-electron chi connectivity index (χ2n) is 8.10. The molecule has 1 N–H and O–H groups in total. The summed E-state index contributed by atoms with van der Waals surface area (Å²) in [6, 6.07) is 1.89. The fourth-order valence-corrected chi connectivity index (χ4v) is 5.11. The Hall–Kier alpha value is -2.82. The van der Waals surface area contributed by atoms with Crippen LogP contribution in [0.5, 0.6) is 0 Å². The largest absolute Gasteiger partial charge is 0.371 e. The highest BCUT2D eigenvalue weighted by Gasteiger charge is 2.52. The first-order valence-corrected chi connectivity index (χ1v) is 10.1. The summed E-state index contributed by atoms with van der Waals surface area (Å²) in [6.07, 6.45) is 5.38. The van der Waals surface area contributed by atoms with Gasteiger partial charge in [-0.15, -0.1) is 5.10 Å². The third-order valence-corrected chi connectivity index (χ3v) is 6.35. The summed E-state index contributed by atoms with van der Waals surface area (Å²) in [5.41, 5.74) is 0.0905. The topological polar surface area (TPSA) is 122 Å². The van der Waals surface area contributed by atoms with Crippen molar-refractivity contribution in [3.05, 3.63) is 18.1 Å². The molecule has 0 aliphatic carbocycles. The number of hydrogen-bond donors (Lipinski definition) is 1. The zero-order valence-corrected chi connectivity index (χ0v) is 16.3. The van der Waals surface area contributed by atoms with Gasteiger partial charge in [0, 0.05) is 37.7 Å². The number of amides is 2. The molecular weight excluding hydrogens is 376 g/mol. The molecule has 0 radical (unpaired) electrons. The lowest BCUT2D eigenvalue weighted by molar-refractivity contribution is -0.163. The van der Waals surface area contributed by atoms with Gasteiger partial charge in [-0.25, -0.2) is 0 Å². The maximum absolute atomic E-state index is 13.2. The van der Waals surface area contributed by atoms with Gasteiger partial charge in [0.2, 0.25) is 5.91 Å². The van der Waals surface area contributed by atoms with Crippen molar-refractivity contribution in [2.24, 2.45) is 0 Å². The van der Waals surface area contributed by atoms with Gasteiger partial charge in [-0.3, -0.25) is 14.7 Å². The molecule has 29 heavy (non-hydrogen) atoms. The highest BCUT2D eigenvalue weighted by Crippen LogP contribution is 2.44. The standard InChI is InChI=1S/C18H24N8O3/c1-2-16(27)24-5-6-29-18(10-24)8-12-3-4-13(9-18)26(12)17(28)14-7-15(21-20-14)25-11-19-22-23-25/h7,11-13H,2-6,8-10H2,1H3,(H,20,21)/t12-,13+,18?. The molecular formula is C18H24N8O3. The number of aromatic nitrogens is 6. The van der Waals surface area contributed by atoms with Crippen LogP contribution in [0, 0.1) is 0 Å². The normalized spacial score (nSPS) is 28.9. The van der Waals surface area contributed by atoms with E-state index >= 15 is 0 Å². The van der Waals surface area contributed by atoms with Gasteiger partial charge in [-0.1, -0.05) is 6.92 Å². The molecule has 3 fully saturated rings. The van der Waals surface area contributed by atoms with E-state index in [2.05, 4.69) is 25.7 Å². The van der Waals surface area contributed by atoms with E-state index in [9.17, 15) is 9.59 Å². The highest BCUT2D eigenvalue weighted by atomic mass is 16.5. The van der Waals surface area contributed by atoms with Crippen LogP contribution in [-0.2, 0) is 9.53 Å². The maximum atomic E-state index is 13.2. The second kappa shape index (κ2) is 6.90. The van der Waals surface area contributed by atoms with Crippen LogP contribution in [0.4, 0.5) is 0 Å². The van der Waals surface area contributed by atoms with Crippen molar-refractivity contribution in [2.75, 3.05) is 19.7 Å². The van der Waals surface area contributed by atoms with E-state index in [1.54, 1.807) is 6.07 Å². The number of tetrazole rings is 1. The lowest BCUT2D eigenvalue weighted by atomic mass is 9.84. The van der Waals surface area contributed by atoms with Crippen LogP contribution in [0.1, 0.15) is 49.5 Å². The van der Waals surface area contributed by atoms with Gasteiger partial charge in [0.1, 0.15) is 12.0 Å². The lowest BCUT2D eigenvalue weighted by Crippen LogP contribution is -2.61. The predicted molar refractivity (Wildman–Crippen MR) is 99.1 cm³/mol. The van der Waals surface area contributed by atoms with E-state index in [0.717, 1.165) is 25.7 Å². The first-order valence-electron chi connectivity index (χ1n) is 10.1. The first kappa shape index (κ1) is 18.2. The van der Waals surface area contributed by atoms with E-state index in [4.69, 9.17) is 4.74 Å². The summed E-state index contributed by atoms with van der Waals surface area (Å²) in [6.45, 7) is 3.74. The Morgan fingerprint density at radius 2 is 2.10 bits per heavy atom. The number of hydrogen-bond acceptors (Lipinski definition) is 7. The number of piperidine rings is 1. The summed E-state index contributed by atoms with van der Waals surface area (Å²) in [4.78, 5) is 29.3. The van der Waals surface area contributed by atoms with Gasteiger partial charge in [-0.2, -0.15) is 9.78 Å². The Morgan fingerprint density at radius 3 is 2.79 bits per heavy atom. The highest BCUT2D eigenvalue weighted by molar-refractivity contribution is 5.93. The number of morpholine rings is 1. The zero-order chi connectivity index (χ0) is 20.0. The molecule has 3 saturated heterocycles. The molecule has 2 amide bonds. The number of H-pyrrole nitrogens is 1. The second-order valence-corrected chi connectivity index (χ2v) is 8.10. The predicted octanol–water partition coefficient (Wildman–Crippen LogP) is 0.160. The molecule has 3 aliphatic rings. The Bertz CT molecular complexity index is 896. The van der Waals surface area contributed by atoms with Gasteiger partial charge >= 0.3 is 0 Å². The van der Waals surface area contributed by atoms with Crippen LogP contribution >= 0.6 is 0 Å². The molecule has 2 aromatic rings. The molecule has 3 atom stereocenters. The van der Waals surface area contributed by atoms with Crippen molar-refractivity contribution in [1.82, 2.24) is 40.2 Å². The van der Waals surface area contributed by atoms with Crippen molar-refractivity contribution in [1.29, 1.82) is 0 Å². The number of rotatable bonds is 3. The number of aromatic amines is 1. The maximum Gasteiger partial charge on any atom is 0.272 e. The van der Waals surface area contributed by atoms with Crippen LogP contribution in [0.25, 0.3) is 5.82 Å². The third-order valence-electron chi connectivity index (χ3n) is 6.35. The zero-order valence-electron chi connectivity index (χ0n) is 16.3. The molecule has 5 rings (SSSR count). The molecule has 0 saturated carbocycles. The van der Waals surface area contributed by atoms with E-state index in [0.29, 0.717) is 37.6 Å². The minimum atomic E-state index is -0.336. The van der Waals surface area contributed by atoms with Crippen molar-refractivity contribution >= 4 is 11.8 Å². The fourth-order valence-electron chi connectivity index (χ4n) is 5.11. The van der Waals surface area contributed by atoms with Crippen molar-refractivity contribution in [3.63, 3.8) is 0 Å². The minimum Gasteiger partial charge on any atom is -0.371 e. The van der Waals surface area contributed by atoms with Crippen LogP contribution < -0.4 is 0 Å². The van der Waals surface area contributed by atoms with Crippen LogP contribution in [0.3, 0.4) is 0 Å². The van der Waals surface area contributed by atoms with Crippen molar-refractivity contribution < 1.29 is 14.3 Å². The quantitative estimate of drug-likeness (QED) is 0.779. The molecule has 1 spiro atoms. The van der Waals surface area contributed by atoms with Crippen LogP contribution in [0.2, 0.25) is 0 Å². The summed E-state index contributed by atoms with van der Waals surface area (Å²) < 4.78 is 7.63. The number of carbonyl (C=O) groups is 2. The first-order chi connectivity index (χ1) is 14.1. The van der Waals surface area contributed by atoms with E-state index < -0.39 is 0 Å². The average molecular weight is 400 g/mol. The number of ether oxygens (including phenoxy) is 1. The smallest absolute Gasteiger partial charge is 0.272 e. The molecule has 5 heterocycles. The third kappa shape index (κ3) is 3.09. The molecule has 2 bridgehead atoms. The van der Waals surface area contributed by atoms with Crippen LogP contribution in [0.15, 0.2) is 12.4 Å². The Labute approximate surface area is 167 Å². The molecule has 0 aromatic carbocycles. The summed E-state index contributed by atoms with van der Waals surface area (Å²) in [7, 11) is 0. The average Bonchev–Trinajstić information content (AvgIpc) is 3.47. The summed E-state index contributed by atoms with van der Waals surface area (Å²) >= 11 is 0. The van der Waals surface area contributed by atoms with E-state index in [1.165, 1.54) is 11.0 Å². The number of nitrogens with one attached hydrogen (secondary N) is 1. The van der Waals surface area contributed by atoms with E-state index in [-0.39, 0.29) is 29.5 Å². The SMILES string of the molecule is CCC(=O)N1CCOC2(C[C@H]3CC[C@@H](C2)N3C(=O)c2cc(-n3cnnn3)n[nH]2)C1. The summed E-state index contributed by atoms with van der Waals surface area (Å²) in [5.74, 6) is 0.589. The van der Waals surface area contributed by atoms with Crippen molar-refractivity contribution in [3.8, 4) is 5.82 Å². The molecule has 11 heteroatoms. The van der Waals surface area contributed by atoms with Crippen molar-refractivity contribution in [2.45, 2.75) is 56.7 Å². The minimum absolute atomic E-state index is 0.0588. The molecule has 154 valence electrons.